The average molecular weight is 752 g/mol. The molecule has 10 nitrogen and oxygen atoms in total. The molecule has 288 valence electrons. The lowest BCUT2D eigenvalue weighted by molar-refractivity contribution is -0.136. The van der Waals surface area contributed by atoms with Gasteiger partial charge < -0.3 is 19.8 Å². The Morgan fingerprint density at radius 1 is 0.696 bits per heavy atom. The van der Waals surface area contributed by atoms with Crippen LogP contribution in [-0.2, 0) is 22.6 Å². The third-order valence-electron chi connectivity index (χ3n) is 13.1. The van der Waals surface area contributed by atoms with Gasteiger partial charge in [0.05, 0.1) is 5.56 Å². The molecule has 56 heavy (non-hydrogen) atoms. The Labute approximate surface area is 328 Å². The highest BCUT2D eigenvalue weighted by molar-refractivity contribution is 6.05. The van der Waals surface area contributed by atoms with Crippen LogP contribution in [0.15, 0.2) is 91.0 Å². The van der Waals surface area contributed by atoms with Crippen LogP contribution >= 0.6 is 0 Å². The molecule has 3 saturated heterocycles. The van der Waals surface area contributed by atoms with E-state index in [-0.39, 0.29) is 30.1 Å². The van der Waals surface area contributed by atoms with Gasteiger partial charge in [0.2, 0.25) is 11.8 Å². The zero-order valence-electron chi connectivity index (χ0n) is 31.7. The molecule has 0 bridgehead atoms. The summed E-state index contributed by atoms with van der Waals surface area (Å²) in [6.45, 7) is 7.49. The molecule has 2 N–H and O–H groups in total. The number of carboxylic acid groups (broad SMARTS) is 1. The Hall–Kier alpha value is -5.48. The molecule has 4 aromatic rings. The van der Waals surface area contributed by atoms with E-state index in [1.54, 1.807) is 11.0 Å². The Morgan fingerprint density at radius 2 is 1.43 bits per heavy atom. The Morgan fingerprint density at radius 3 is 2.16 bits per heavy atom. The van der Waals surface area contributed by atoms with Crippen molar-refractivity contribution in [2.45, 2.75) is 62.9 Å². The number of fused-ring (bicyclic) bond motifs is 2. The molecule has 3 fully saturated rings. The number of piperidine rings is 2. The van der Waals surface area contributed by atoms with Crippen LogP contribution in [0.2, 0.25) is 0 Å². The number of piperazine rings is 1. The maximum Gasteiger partial charge on any atom is 0.335 e. The van der Waals surface area contributed by atoms with Gasteiger partial charge in [-0.25, -0.2) is 4.79 Å². The van der Waals surface area contributed by atoms with Crippen molar-refractivity contribution < 1.29 is 24.3 Å². The molecule has 0 unspecified atom stereocenters. The molecule has 3 atom stereocenters. The second-order valence-electron chi connectivity index (χ2n) is 16.3. The van der Waals surface area contributed by atoms with Gasteiger partial charge in [0.1, 0.15) is 6.04 Å². The molecule has 4 heterocycles. The molecule has 3 amide bonds. The minimum absolute atomic E-state index is 0.129. The van der Waals surface area contributed by atoms with Crippen molar-refractivity contribution in [1.29, 1.82) is 0 Å². The highest BCUT2D eigenvalue weighted by atomic mass is 16.4. The van der Waals surface area contributed by atoms with Crippen molar-refractivity contribution in [2.75, 3.05) is 55.6 Å². The van der Waals surface area contributed by atoms with E-state index in [2.05, 4.69) is 80.7 Å². The monoisotopic (exact) mass is 751 g/mol. The van der Waals surface area contributed by atoms with Gasteiger partial charge in [-0.1, -0.05) is 48.5 Å². The van der Waals surface area contributed by atoms with Crippen molar-refractivity contribution in [3.63, 3.8) is 0 Å². The van der Waals surface area contributed by atoms with Crippen LogP contribution in [-0.4, -0.2) is 90.5 Å². The first-order valence-electron chi connectivity index (χ1n) is 20.3. The molecule has 4 aromatic carbocycles. The highest BCUT2D eigenvalue weighted by Gasteiger charge is 2.39. The summed E-state index contributed by atoms with van der Waals surface area (Å²) < 4.78 is 0. The number of aryl methyl sites for hydroxylation is 1. The molecule has 0 aromatic heterocycles. The fourth-order valence-corrected chi connectivity index (χ4v) is 10.0. The number of rotatable bonds is 8. The van der Waals surface area contributed by atoms with E-state index in [9.17, 15) is 24.3 Å². The van der Waals surface area contributed by atoms with Crippen LogP contribution in [0.5, 0.6) is 0 Å². The number of imide groups is 1. The van der Waals surface area contributed by atoms with Gasteiger partial charge in [0.25, 0.3) is 5.91 Å². The number of nitrogens with zero attached hydrogens (tertiary/aromatic N) is 4. The van der Waals surface area contributed by atoms with Crippen molar-refractivity contribution in [1.82, 2.24) is 15.1 Å². The zero-order chi connectivity index (χ0) is 38.3. The van der Waals surface area contributed by atoms with Crippen LogP contribution < -0.4 is 15.1 Å². The van der Waals surface area contributed by atoms with E-state index in [1.165, 1.54) is 35.2 Å². The zero-order valence-corrected chi connectivity index (χ0v) is 31.7. The first kappa shape index (κ1) is 36.2. The van der Waals surface area contributed by atoms with Crippen LogP contribution in [0.1, 0.15) is 92.5 Å². The highest BCUT2D eigenvalue weighted by Crippen LogP contribution is 2.47. The predicted molar refractivity (Wildman–Crippen MR) is 215 cm³/mol. The molecular formula is C46H49N5O5. The van der Waals surface area contributed by atoms with Gasteiger partial charge in [-0.15, -0.1) is 0 Å². The minimum atomic E-state index is -0.875. The van der Waals surface area contributed by atoms with E-state index in [0.717, 1.165) is 75.5 Å². The number of carboxylic acids is 1. The lowest BCUT2D eigenvalue weighted by atomic mass is 9.69. The van der Waals surface area contributed by atoms with Crippen molar-refractivity contribution >= 4 is 35.1 Å². The molecule has 10 heteroatoms. The second-order valence-corrected chi connectivity index (χ2v) is 16.3. The molecule has 0 saturated carbocycles. The van der Waals surface area contributed by atoms with Gasteiger partial charge in [-0.05, 0) is 114 Å². The number of nitrogens with one attached hydrogen (secondary N) is 1. The summed E-state index contributed by atoms with van der Waals surface area (Å²) in [6.07, 6.45) is 4.83. The molecule has 5 aliphatic rings. The number of hydrogen-bond donors (Lipinski definition) is 2. The first-order chi connectivity index (χ1) is 27.3. The number of carbonyl (C=O) groups excluding carboxylic acids is 3. The fourth-order valence-electron chi connectivity index (χ4n) is 10.0. The lowest BCUT2D eigenvalue weighted by Gasteiger charge is -2.40. The number of amides is 3. The number of benzene rings is 4. The average Bonchev–Trinajstić information content (AvgIpc) is 3.55. The van der Waals surface area contributed by atoms with E-state index in [0.29, 0.717) is 35.9 Å². The van der Waals surface area contributed by atoms with E-state index >= 15 is 0 Å². The summed E-state index contributed by atoms with van der Waals surface area (Å²) in [5.74, 6) is -0.478. The Bertz CT molecular complexity index is 2140. The summed E-state index contributed by atoms with van der Waals surface area (Å²) in [5.41, 5.74) is 9.36. The van der Waals surface area contributed by atoms with E-state index in [1.807, 2.05) is 24.3 Å². The largest absolute Gasteiger partial charge is 0.478 e. The van der Waals surface area contributed by atoms with Crippen molar-refractivity contribution in [3.8, 4) is 0 Å². The maximum absolute atomic E-state index is 13.2. The van der Waals surface area contributed by atoms with Crippen molar-refractivity contribution in [2.24, 2.45) is 5.92 Å². The van der Waals surface area contributed by atoms with Crippen LogP contribution in [0.25, 0.3) is 0 Å². The quantitative estimate of drug-likeness (QED) is 0.210. The van der Waals surface area contributed by atoms with Gasteiger partial charge in [-0.3, -0.25) is 24.6 Å². The lowest BCUT2D eigenvalue weighted by Crippen LogP contribution is -2.52. The number of anilines is 2. The predicted octanol–water partition coefficient (Wildman–Crippen LogP) is 6.05. The smallest absolute Gasteiger partial charge is 0.335 e. The third-order valence-corrected chi connectivity index (χ3v) is 13.1. The second kappa shape index (κ2) is 15.2. The number of carbonyl (C=O) groups is 4. The van der Waals surface area contributed by atoms with Gasteiger partial charge in [0.15, 0.2) is 0 Å². The molecule has 0 spiro atoms. The van der Waals surface area contributed by atoms with Gasteiger partial charge >= 0.3 is 5.97 Å². The number of aromatic carboxylic acids is 1. The SMILES string of the molecule is O=C1CC[C@H](N2Cc3cc(N4CCN(CC5CCN(c6ccc([C@H]7c8ccc(C(=O)O)cc8CC[C@H]7c7ccccc7)cc6)CC5)CC4)ccc3C2=O)C(=O)N1. The number of hydrogen-bond acceptors (Lipinski definition) is 7. The summed E-state index contributed by atoms with van der Waals surface area (Å²) in [7, 11) is 0. The van der Waals surface area contributed by atoms with Gasteiger partial charge in [-0.2, -0.15) is 0 Å². The van der Waals surface area contributed by atoms with Crippen LogP contribution in [0.3, 0.4) is 0 Å². The summed E-state index contributed by atoms with van der Waals surface area (Å²) >= 11 is 0. The Kier molecular flexibility index (Phi) is 9.83. The molecule has 4 aliphatic heterocycles. The fraction of sp³-hybridized carbons (Fsp3) is 0.391. The van der Waals surface area contributed by atoms with E-state index < -0.39 is 12.0 Å². The van der Waals surface area contributed by atoms with Gasteiger partial charge in [0, 0.05) is 81.6 Å². The molecular weight excluding hydrogens is 703 g/mol. The molecule has 9 rings (SSSR count). The Balaban J connectivity index is 0.788. The first-order valence-corrected chi connectivity index (χ1v) is 20.3. The minimum Gasteiger partial charge on any atom is -0.478 e. The summed E-state index contributed by atoms with van der Waals surface area (Å²) in [5, 5.41) is 12.0. The topological polar surface area (TPSA) is 114 Å². The van der Waals surface area contributed by atoms with Crippen molar-refractivity contribution in [3.05, 3.63) is 130 Å². The van der Waals surface area contributed by atoms with Crippen LogP contribution in [0, 0.1) is 5.92 Å². The van der Waals surface area contributed by atoms with E-state index in [4.69, 9.17) is 0 Å². The van der Waals surface area contributed by atoms with Crippen LogP contribution in [0.4, 0.5) is 11.4 Å². The summed E-state index contributed by atoms with van der Waals surface area (Å²) in [6, 6.07) is 31.1. The summed E-state index contributed by atoms with van der Waals surface area (Å²) in [4.78, 5) is 58.2. The standard InChI is InChI=1S/C46H49N5O5/c52-42-17-16-41(44(53)47-42)51-29-35-27-37(12-15-40(35)45(51)54)50-24-22-48(23-25-50)28-30-18-20-49(21-19-30)36-10-6-32(7-11-36)43-38(31-4-2-1-3-5-31)13-8-33-26-34(46(55)56)9-14-39(33)43/h1-7,9-12,14-15,26-27,30,38,41,43H,8,13,16-25,28-29H2,(H,55,56)(H,47,52,53)/t38-,41-,43+/m0/s1. The molecule has 0 radical (unpaired) electrons. The normalized spacial score (nSPS) is 23.2. The third kappa shape index (κ3) is 7.07. The molecule has 1 aliphatic carbocycles. The maximum atomic E-state index is 13.2.